The molecule has 1 atom stereocenters. The molecule has 13 heteroatoms. The molecule has 0 saturated carbocycles. The molecule has 1 fully saturated rings. The standard InChI is InChI=1S/C27H25ClFN7O3.ClH/c28-21-4-2-1-3-20(21)24(26(37)34-18-7-5-17(29)6-8-18)39-27(38)23-25(30)32-14-22(35-23)16-13-33-36(15-16)19-9-11-31-12-10-19;/h1-8,13-15,19,24,31H,9-12H2,(H2,30,32)(H,34,37);1H/t24-;/m1./s1. The molecule has 1 saturated heterocycles. The number of nitrogens with two attached hydrogens (primary N) is 1. The minimum absolute atomic E-state index is 0. The number of ether oxygens (including phenoxy) is 1. The molecule has 3 heterocycles. The van der Waals surface area contributed by atoms with E-state index in [1.807, 2.05) is 10.9 Å². The van der Waals surface area contributed by atoms with Crippen molar-refractivity contribution in [2.24, 2.45) is 0 Å². The molecular formula is C27H26Cl2FN7O3. The van der Waals surface area contributed by atoms with Crippen LogP contribution in [0.2, 0.25) is 5.02 Å². The van der Waals surface area contributed by atoms with E-state index in [9.17, 15) is 14.0 Å². The predicted molar refractivity (Wildman–Crippen MR) is 151 cm³/mol. The number of nitrogen functional groups attached to an aromatic ring is 1. The van der Waals surface area contributed by atoms with Crippen molar-refractivity contribution in [2.45, 2.75) is 25.0 Å². The molecule has 208 valence electrons. The van der Waals surface area contributed by atoms with Gasteiger partial charge in [0.05, 0.1) is 24.1 Å². The molecular weight excluding hydrogens is 560 g/mol. The molecule has 0 radical (unpaired) electrons. The first-order valence-electron chi connectivity index (χ1n) is 12.3. The Bertz CT molecular complexity index is 1490. The number of aromatic nitrogens is 4. The van der Waals surface area contributed by atoms with Crippen molar-refractivity contribution in [2.75, 3.05) is 24.1 Å². The molecule has 0 bridgehead atoms. The zero-order valence-electron chi connectivity index (χ0n) is 21.1. The minimum Gasteiger partial charge on any atom is -0.442 e. The zero-order chi connectivity index (χ0) is 27.4. The molecule has 2 aromatic carbocycles. The number of halogens is 3. The van der Waals surface area contributed by atoms with Crippen LogP contribution in [0, 0.1) is 5.82 Å². The average molecular weight is 586 g/mol. The van der Waals surface area contributed by atoms with Crippen LogP contribution in [0.25, 0.3) is 11.3 Å². The number of hydrogen-bond acceptors (Lipinski definition) is 8. The van der Waals surface area contributed by atoms with E-state index in [2.05, 4.69) is 25.7 Å². The molecule has 0 aliphatic carbocycles. The first-order valence-corrected chi connectivity index (χ1v) is 12.7. The van der Waals surface area contributed by atoms with E-state index < -0.39 is 23.8 Å². The molecule has 4 aromatic rings. The average Bonchev–Trinajstić information content (AvgIpc) is 3.44. The Kier molecular flexibility index (Phi) is 9.30. The van der Waals surface area contributed by atoms with Gasteiger partial charge in [-0.25, -0.2) is 19.2 Å². The highest BCUT2D eigenvalue weighted by Gasteiger charge is 2.30. The summed E-state index contributed by atoms with van der Waals surface area (Å²) < 4.78 is 20.8. The maximum Gasteiger partial charge on any atom is 0.361 e. The third-order valence-corrected chi connectivity index (χ3v) is 6.68. The molecule has 1 amide bonds. The number of rotatable bonds is 7. The Morgan fingerprint density at radius 1 is 1.12 bits per heavy atom. The van der Waals surface area contributed by atoms with Crippen molar-refractivity contribution in [3.8, 4) is 11.3 Å². The van der Waals surface area contributed by atoms with Gasteiger partial charge in [-0.15, -0.1) is 12.4 Å². The van der Waals surface area contributed by atoms with Crippen LogP contribution in [0.3, 0.4) is 0 Å². The topological polar surface area (TPSA) is 137 Å². The summed E-state index contributed by atoms with van der Waals surface area (Å²) in [7, 11) is 0. The van der Waals surface area contributed by atoms with Crippen molar-refractivity contribution >= 4 is 47.4 Å². The first kappa shape index (κ1) is 28.9. The quantitative estimate of drug-likeness (QED) is 0.268. The monoisotopic (exact) mass is 585 g/mol. The number of benzene rings is 2. The van der Waals surface area contributed by atoms with Crippen molar-refractivity contribution in [3.63, 3.8) is 0 Å². The van der Waals surface area contributed by atoms with E-state index in [1.165, 1.54) is 30.5 Å². The van der Waals surface area contributed by atoms with E-state index in [4.69, 9.17) is 22.1 Å². The van der Waals surface area contributed by atoms with Gasteiger partial charge in [0.25, 0.3) is 5.91 Å². The highest BCUT2D eigenvalue weighted by atomic mass is 35.5. The predicted octanol–water partition coefficient (Wildman–Crippen LogP) is 4.60. The number of nitrogens with one attached hydrogen (secondary N) is 2. The van der Waals surface area contributed by atoms with Gasteiger partial charge >= 0.3 is 5.97 Å². The maximum absolute atomic E-state index is 13.3. The van der Waals surface area contributed by atoms with E-state index in [1.54, 1.807) is 30.5 Å². The van der Waals surface area contributed by atoms with Gasteiger partial charge in [0, 0.05) is 28.0 Å². The van der Waals surface area contributed by atoms with Crippen LogP contribution in [0.15, 0.2) is 67.1 Å². The van der Waals surface area contributed by atoms with Crippen LogP contribution in [0.5, 0.6) is 0 Å². The minimum atomic E-state index is -1.45. The maximum atomic E-state index is 13.3. The van der Waals surface area contributed by atoms with Gasteiger partial charge in [-0.2, -0.15) is 5.10 Å². The third-order valence-electron chi connectivity index (χ3n) is 6.34. The van der Waals surface area contributed by atoms with Gasteiger partial charge in [-0.1, -0.05) is 29.8 Å². The molecule has 0 spiro atoms. The number of piperidine rings is 1. The summed E-state index contributed by atoms with van der Waals surface area (Å²) in [5.41, 5.74) is 7.32. The molecule has 2 aromatic heterocycles. The van der Waals surface area contributed by atoms with Gasteiger partial charge < -0.3 is 21.1 Å². The van der Waals surface area contributed by atoms with Crippen molar-refractivity contribution in [3.05, 3.63) is 89.2 Å². The summed E-state index contributed by atoms with van der Waals surface area (Å²) in [5, 5.41) is 10.6. The Labute approximate surface area is 240 Å². The van der Waals surface area contributed by atoms with Gasteiger partial charge in [0.2, 0.25) is 6.10 Å². The summed E-state index contributed by atoms with van der Waals surface area (Å²) in [6, 6.07) is 11.9. The first-order chi connectivity index (χ1) is 18.9. The molecule has 1 aliphatic heterocycles. The normalized spacial score (nSPS) is 14.2. The number of hydrogen-bond donors (Lipinski definition) is 3. The molecule has 1 aliphatic rings. The Morgan fingerprint density at radius 3 is 2.58 bits per heavy atom. The Hall–Kier alpha value is -4.06. The van der Waals surface area contributed by atoms with Gasteiger partial charge in [-0.05, 0) is 56.3 Å². The lowest BCUT2D eigenvalue weighted by Crippen LogP contribution is -2.29. The van der Waals surface area contributed by atoms with Crippen molar-refractivity contribution in [1.29, 1.82) is 0 Å². The van der Waals surface area contributed by atoms with Gasteiger partial charge in [0.1, 0.15) is 5.82 Å². The van der Waals surface area contributed by atoms with E-state index >= 15 is 0 Å². The van der Waals surface area contributed by atoms with E-state index in [-0.39, 0.29) is 40.5 Å². The lowest BCUT2D eigenvalue weighted by atomic mass is 10.1. The fraction of sp³-hybridized carbons (Fsp3) is 0.222. The van der Waals surface area contributed by atoms with Crippen LogP contribution in [0.4, 0.5) is 15.9 Å². The lowest BCUT2D eigenvalue weighted by molar-refractivity contribution is -0.125. The summed E-state index contributed by atoms with van der Waals surface area (Å²) in [6.45, 7) is 1.83. The van der Waals surface area contributed by atoms with Crippen LogP contribution in [0.1, 0.15) is 41.0 Å². The number of anilines is 2. The molecule has 0 unspecified atom stereocenters. The third kappa shape index (κ3) is 6.56. The Morgan fingerprint density at radius 2 is 1.85 bits per heavy atom. The number of carbonyl (C=O) groups excluding carboxylic acids is 2. The summed E-state index contributed by atoms with van der Waals surface area (Å²) in [6.07, 6.45) is 5.41. The van der Waals surface area contributed by atoms with Crippen LogP contribution < -0.4 is 16.4 Å². The SMILES string of the molecule is Cl.Nc1ncc(-c2cnn(C3CCNCC3)c2)nc1C(=O)O[C@@H](C(=O)Nc1ccc(F)cc1)c1ccccc1Cl. The lowest BCUT2D eigenvalue weighted by Gasteiger charge is -2.22. The van der Waals surface area contributed by atoms with E-state index in [0.29, 0.717) is 16.9 Å². The fourth-order valence-corrected chi connectivity index (χ4v) is 4.51. The highest BCUT2D eigenvalue weighted by molar-refractivity contribution is 6.31. The van der Waals surface area contributed by atoms with Crippen LogP contribution in [-0.4, -0.2) is 44.7 Å². The second-order valence-electron chi connectivity index (χ2n) is 8.98. The Balaban J connectivity index is 0.00000370. The van der Waals surface area contributed by atoms with Crippen LogP contribution >= 0.6 is 24.0 Å². The summed E-state index contributed by atoms with van der Waals surface area (Å²) in [5.74, 6) is -2.29. The fourth-order valence-electron chi connectivity index (χ4n) is 4.28. The number of esters is 1. The van der Waals surface area contributed by atoms with Crippen molar-refractivity contribution in [1.82, 2.24) is 25.1 Å². The summed E-state index contributed by atoms with van der Waals surface area (Å²) in [4.78, 5) is 35.0. The smallest absolute Gasteiger partial charge is 0.361 e. The second-order valence-corrected chi connectivity index (χ2v) is 9.39. The van der Waals surface area contributed by atoms with Crippen LogP contribution in [-0.2, 0) is 9.53 Å². The van der Waals surface area contributed by atoms with Gasteiger partial charge in [0.15, 0.2) is 11.5 Å². The molecule has 40 heavy (non-hydrogen) atoms. The zero-order valence-corrected chi connectivity index (χ0v) is 22.7. The molecule has 4 N–H and O–H groups in total. The van der Waals surface area contributed by atoms with Crippen molar-refractivity contribution < 1.29 is 18.7 Å². The van der Waals surface area contributed by atoms with Gasteiger partial charge in [-0.3, -0.25) is 9.48 Å². The number of amides is 1. The van der Waals surface area contributed by atoms with E-state index in [0.717, 1.165) is 25.9 Å². The molecule has 5 rings (SSSR count). The number of nitrogens with zero attached hydrogens (tertiary/aromatic N) is 4. The highest BCUT2D eigenvalue weighted by Crippen LogP contribution is 2.29. The number of carbonyl (C=O) groups is 2. The largest absolute Gasteiger partial charge is 0.442 e. The second kappa shape index (κ2) is 12.9. The summed E-state index contributed by atoms with van der Waals surface area (Å²) >= 11 is 6.33. The molecule has 10 nitrogen and oxygen atoms in total.